The molecule has 2 amide bonds. The zero-order valence-electron chi connectivity index (χ0n) is 11.5. The van der Waals surface area contributed by atoms with Gasteiger partial charge in [0.15, 0.2) is 0 Å². The normalized spacial score (nSPS) is 18.9. The maximum absolute atomic E-state index is 12.4. The third-order valence-electron chi connectivity index (χ3n) is 3.95. The van der Waals surface area contributed by atoms with Gasteiger partial charge in [0.05, 0.1) is 17.2 Å². The van der Waals surface area contributed by atoms with Gasteiger partial charge in [-0.15, -0.1) is 0 Å². The van der Waals surface area contributed by atoms with Gasteiger partial charge in [-0.05, 0) is 43.7 Å². The Morgan fingerprint density at radius 3 is 2.67 bits per heavy atom. The summed E-state index contributed by atoms with van der Waals surface area (Å²) in [5.41, 5.74) is 4.68. The summed E-state index contributed by atoms with van der Waals surface area (Å²) in [6, 6.07) is 5.08. The third kappa shape index (κ3) is 2.97. The summed E-state index contributed by atoms with van der Waals surface area (Å²) in [6.45, 7) is 0.585. The van der Waals surface area contributed by atoms with Gasteiger partial charge < -0.3 is 15.8 Å². The first kappa shape index (κ1) is 14.2. The lowest BCUT2D eigenvalue weighted by Crippen LogP contribution is -2.46. The van der Waals surface area contributed by atoms with Crippen molar-refractivity contribution in [3.05, 3.63) is 28.8 Å². The molecule has 3 rings (SSSR count). The van der Waals surface area contributed by atoms with Crippen LogP contribution in [0.5, 0.6) is 5.75 Å². The molecule has 6 heteroatoms. The number of nitrogens with one attached hydrogen (secondary N) is 1. The SMILES string of the molecule is NC(=O)C1(NC(=O)c2c(Cl)cccc2OCC2CC2)CC1. The minimum Gasteiger partial charge on any atom is -0.492 e. The molecule has 1 aromatic carbocycles. The van der Waals surface area contributed by atoms with Crippen LogP contribution in [0.25, 0.3) is 0 Å². The monoisotopic (exact) mass is 308 g/mol. The highest BCUT2D eigenvalue weighted by atomic mass is 35.5. The fourth-order valence-corrected chi connectivity index (χ4v) is 2.43. The van der Waals surface area contributed by atoms with Crippen LogP contribution in [-0.4, -0.2) is 24.0 Å². The van der Waals surface area contributed by atoms with E-state index in [-0.39, 0.29) is 5.56 Å². The predicted molar refractivity (Wildman–Crippen MR) is 78.3 cm³/mol. The summed E-state index contributed by atoms with van der Waals surface area (Å²) in [5.74, 6) is 0.0958. The molecule has 0 spiro atoms. The van der Waals surface area contributed by atoms with Crippen molar-refractivity contribution in [2.75, 3.05) is 6.61 Å². The van der Waals surface area contributed by atoms with Crippen LogP contribution >= 0.6 is 11.6 Å². The molecule has 0 aromatic heterocycles. The van der Waals surface area contributed by atoms with Crippen LogP contribution in [0.4, 0.5) is 0 Å². The summed E-state index contributed by atoms with van der Waals surface area (Å²) in [4.78, 5) is 23.8. The fraction of sp³-hybridized carbons (Fsp3) is 0.467. The van der Waals surface area contributed by atoms with Crippen molar-refractivity contribution in [3.8, 4) is 5.75 Å². The molecule has 2 saturated carbocycles. The molecule has 0 atom stereocenters. The van der Waals surface area contributed by atoms with Crippen LogP contribution in [-0.2, 0) is 4.79 Å². The number of rotatable bonds is 6. The molecule has 0 radical (unpaired) electrons. The Hall–Kier alpha value is -1.75. The summed E-state index contributed by atoms with van der Waals surface area (Å²) < 4.78 is 5.70. The van der Waals surface area contributed by atoms with Gasteiger partial charge in [-0.25, -0.2) is 0 Å². The van der Waals surface area contributed by atoms with Gasteiger partial charge in [-0.3, -0.25) is 9.59 Å². The van der Waals surface area contributed by atoms with Gasteiger partial charge in [0.1, 0.15) is 11.3 Å². The van der Waals surface area contributed by atoms with Crippen molar-refractivity contribution >= 4 is 23.4 Å². The highest BCUT2D eigenvalue weighted by molar-refractivity contribution is 6.34. The van der Waals surface area contributed by atoms with Crippen LogP contribution in [0.3, 0.4) is 0 Å². The van der Waals surface area contributed by atoms with Crippen molar-refractivity contribution in [3.63, 3.8) is 0 Å². The number of hydrogen-bond acceptors (Lipinski definition) is 3. The van der Waals surface area contributed by atoms with Gasteiger partial charge in [-0.2, -0.15) is 0 Å². The Morgan fingerprint density at radius 1 is 1.38 bits per heavy atom. The Morgan fingerprint density at radius 2 is 2.10 bits per heavy atom. The molecule has 0 unspecified atom stereocenters. The predicted octanol–water partition coefficient (Wildman–Crippen LogP) is 1.88. The number of amides is 2. The standard InChI is InChI=1S/C15H17ClN2O3/c16-10-2-1-3-11(21-8-9-4-5-9)12(10)13(19)18-15(6-7-15)14(17)20/h1-3,9H,4-8H2,(H2,17,20)(H,18,19). The van der Waals surface area contributed by atoms with E-state index in [9.17, 15) is 9.59 Å². The van der Waals surface area contributed by atoms with E-state index >= 15 is 0 Å². The first-order chi connectivity index (χ1) is 10.0. The summed E-state index contributed by atoms with van der Waals surface area (Å²) in [5, 5.41) is 3.00. The first-order valence-corrected chi connectivity index (χ1v) is 7.43. The van der Waals surface area contributed by atoms with Crippen LogP contribution < -0.4 is 15.8 Å². The van der Waals surface area contributed by atoms with E-state index in [1.54, 1.807) is 18.2 Å². The molecule has 0 aliphatic heterocycles. The molecule has 3 N–H and O–H groups in total. The van der Waals surface area contributed by atoms with Crippen molar-refractivity contribution in [2.45, 2.75) is 31.2 Å². The highest BCUT2D eigenvalue weighted by Gasteiger charge is 2.50. The van der Waals surface area contributed by atoms with Gasteiger partial charge in [0.25, 0.3) is 5.91 Å². The van der Waals surface area contributed by atoms with E-state index in [1.165, 1.54) is 0 Å². The maximum Gasteiger partial charge on any atom is 0.257 e. The molecular weight excluding hydrogens is 292 g/mol. The number of halogens is 1. The second-order valence-corrected chi connectivity index (χ2v) is 6.18. The molecule has 2 aliphatic rings. The highest BCUT2D eigenvalue weighted by Crippen LogP contribution is 2.37. The van der Waals surface area contributed by atoms with Crippen molar-refractivity contribution in [1.82, 2.24) is 5.32 Å². The Bertz CT molecular complexity index is 595. The number of primary amides is 1. The lowest BCUT2D eigenvalue weighted by molar-refractivity contribution is -0.120. The summed E-state index contributed by atoms with van der Waals surface area (Å²) in [7, 11) is 0. The molecular formula is C15H17ClN2O3. The van der Waals surface area contributed by atoms with Gasteiger partial charge in [0.2, 0.25) is 5.91 Å². The average Bonchev–Trinajstić information content (AvgIpc) is 3.31. The Kier molecular flexibility index (Phi) is 3.53. The quantitative estimate of drug-likeness (QED) is 0.842. The summed E-state index contributed by atoms with van der Waals surface area (Å²) >= 11 is 6.13. The van der Waals surface area contributed by atoms with Crippen molar-refractivity contribution < 1.29 is 14.3 Å². The fourth-order valence-electron chi connectivity index (χ4n) is 2.17. The topological polar surface area (TPSA) is 81.4 Å². The molecule has 5 nitrogen and oxygen atoms in total. The maximum atomic E-state index is 12.4. The molecule has 0 saturated heterocycles. The van der Waals surface area contributed by atoms with E-state index in [0.717, 1.165) is 12.8 Å². The Balaban J connectivity index is 1.79. The molecule has 0 bridgehead atoms. The number of carbonyl (C=O) groups excluding carboxylic acids is 2. The molecule has 21 heavy (non-hydrogen) atoms. The molecule has 2 fully saturated rings. The molecule has 1 aromatic rings. The van der Waals surface area contributed by atoms with E-state index in [1.807, 2.05) is 0 Å². The lowest BCUT2D eigenvalue weighted by atomic mass is 10.1. The lowest BCUT2D eigenvalue weighted by Gasteiger charge is -2.16. The number of carbonyl (C=O) groups is 2. The number of benzene rings is 1. The second-order valence-electron chi connectivity index (χ2n) is 5.77. The average molecular weight is 309 g/mol. The van der Waals surface area contributed by atoms with E-state index in [4.69, 9.17) is 22.1 Å². The van der Waals surface area contributed by atoms with Crippen LogP contribution in [0, 0.1) is 5.92 Å². The third-order valence-corrected chi connectivity index (χ3v) is 4.26. The van der Waals surface area contributed by atoms with Crippen LogP contribution in [0.15, 0.2) is 18.2 Å². The zero-order chi connectivity index (χ0) is 15.0. The second kappa shape index (κ2) is 5.22. The molecule has 112 valence electrons. The summed E-state index contributed by atoms with van der Waals surface area (Å²) in [6.07, 6.45) is 3.45. The molecule has 2 aliphatic carbocycles. The van der Waals surface area contributed by atoms with E-state index < -0.39 is 17.4 Å². The van der Waals surface area contributed by atoms with Gasteiger partial charge in [0, 0.05) is 0 Å². The smallest absolute Gasteiger partial charge is 0.257 e. The van der Waals surface area contributed by atoms with Gasteiger partial charge >= 0.3 is 0 Å². The first-order valence-electron chi connectivity index (χ1n) is 7.05. The van der Waals surface area contributed by atoms with Crippen molar-refractivity contribution in [1.29, 1.82) is 0 Å². The van der Waals surface area contributed by atoms with Crippen LogP contribution in [0.1, 0.15) is 36.0 Å². The largest absolute Gasteiger partial charge is 0.492 e. The van der Waals surface area contributed by atoms with E-state index in [2.05, 4.69) is 5.32 Å². The van der Waals surface area contributed by atoms with Crippen molar-refractivity contribution in [2.24, 2.45) is 11.7 Å². The zero-order valence-corrected chi connectivity index (χ0v) is 12.3. The minimum absolute atomic E-state index is 0.271. The number of hydrogen-bond donors (Lipinski definition) is 2. The van der Waals surface area contributed by atoms with Crippen LogP contribution in [0.2, 0.25) is 5.02 Å². The van der Waals surface area contributed by atoms with Gasteiger partial charge in [-0.1, -0.05) is 17.7 Å². The minimum atomic E-state index is -0.913. The number of ether oxygens (including phenoxy) is 1. The molecule has 0 heterocycles. The van der Waals surface area contributed by atoms with E-state index in [0.29, 0.717) is 36.1 Å². The number of nitrogens with two attached hydrogens (primary N) is 1. The Labute approximate surface area is 127 Å².